The number of alkyl halides is 1. The Labute approximate surface area is 104 Å². The summed E-state index contributed by atoms with van der Waals surface area (Å²) in [6.45, 7) is 0.632. The molecule has 15 heavy (non-hydrogen) atoms. The lowest BCUT2D eigenvalue weighted by Gasteiger charge is -2.06. The third-order valence-electron chi connectivity index (χ3n) is 2.07. The second-order valence-corrected chi connectivity index (χ2v) is 4.46. The van der Waals surface area contributed by atoms with Crippen LogP contribution < -0.4 is 11.1 Å². The quantitative estimate of drug-likeness (QED) is 0.337. The molecule has 0 amide bonds. The van der Waals surface area contributed by atoms with Crippen molar-refractivity contribution in [1.82, 2.24) is 5.32 Å². The predicted octanol–water partition coefficient (Wildman–Crippen LogP) is 2.04. The number of aryl methyl sites for hydroxylation is 1. The Morgan fingerprint density at radius 2 is 2.13 bits per heavy atom. The maximum Gasteiger partial charge on any atom is 0.185 e. The summed E-state index contributed by atoms with van der Waals surface area (Å²) in [4.78, 5) is 0. The van der Waals surface area contributed by atoms with Crippen LogP contribution >= 0.6 is 22.6 Å². The molecule has 0 saturated carbocycles. The van der Waals surface area contributed by atoms with Crippen molar-refractivity contribution in [2.75, 3.05) is 4.43 Å². The monoisotopic (exact) mass is 317 g/mol. The second kappa shape index (κ2) is 6.66. The van der Waals surface area contributed by atoms with Gasteiger partial charge in [0, 0.05) is 6.54 Å². The van der Waals surface area contributed by atoms with Gasteiger partial charge in [0.25, 0.3) is 0 Å². The van der Waals surface area contributed by atoms with Gasteiger partial charge in [-0.15, -0.1) is 0 Å². The number of hydrogen-bond donors (Lipinski definition) is 3. The normalized spacial score (nSPS) is 9.93. The molecule has 0 atom stereocenters. The van der Waals surface area contributed by atoms with E-state index in [1.807, 2.05) is 6.07 Å². The molecule has 0 spiro atoms. The molecule has 1 aromatic carbocycles. The van der Waals surface area contributed by atoms with E-state index in [4.69, 9.17) is 11.1 Å². The van der Waals surface area contributed by atoms with E-state index in [9.17, 15) is 0 Å². The third kappa shape index (κ3) is 5.01. The first kappa shape index (κ1) is 12.3. The molecule has 82 valence electrons. The first-order chi connectivity index (χ1) is 7.22. The molecule has 4 N–H and O–H groups in total. The molecule has 0 aliphatic carbocycles. The highest BCUT2D eigenvalue weighted by Gasteiger charge is 1.96. The molecular formula is C11H16IN3. The molecule has 0 aliphatic heterocycles. The number of hydrogen-bond acceptors (Lipinski definition) is 1. The molecule has 0 bridgehead atoms. The number of nitrogens with two attached hydrogens (primary N) is 1. The first-order valence-corrected chi connectivity index (χ1v) is 6.46. The number of benzene rings is 1. The number of halogens is 1. The molecular weight excluding hydrogens is 301 g/mol. The van der Waals surface area contributed by atoms with E-state index in [0.29, 0.717) is 6.54 Å². The van der Waals surface area contributed by atoms with Crippen LogP contribution in [0.3, 0.4) is 0 Å². The lowest BCUT2D eigenvalue weighted by Crippen LogP contribution is -2.29. The minimum absolute atomic E-state index is 0.0210. The minimum atomic E-state index is 0.0210. The van der Waals surface area contributed by atoms with Gasteiger partial charge >= 0.3 is 0 Å². The molecule has 0 saturated heterocycles. The highest BCUT2D eigenvalue weighted by atomic mass is 127. The largest absolute Gasteiger partial charge is 0.370 e. The number of nitrogens with one attached hydrogen (secondary N) is 2. The fourth-order valence-corrected chi connectivity index (χ4v) is 1.74. The van der Waals surface area contributed by atoms with Gasteiger partial charge in [0.2, 0.25) is 0 Å². The summed E-state index contributed by atoms with van der Waals surface area (Å²) in [5, 5.41) is 9.88. The van der Waals surface area contributed by atoms with E-state index in [2.05, 4.69) is 46.1 Å². The van der Waals surface area contributed by atoms with E-state index in [0.717, 1.165) is 6.42 Å². The van der Waals surface area contributed by atoms with Crippen LogP contribution in [0, 0.1) is 5.41 Å². The van der Waals surface area contributed by atoms with Gasteiger partial charge in [-0.2, -0.15) is 0 Å². The van der Waals surface area contributed by atoms with E-state index in [1.165, 1.54) is 22.0 Å². The summed E-state index contributed by atoms with van der Waals surface area (Å²) in [5.74, 6) is 0.0210. The molecule has 0 unspecified atom stereocenters. The highest BCUT2D eigenvalue weighted by Crippen LogP contribution is 2.08. The summed E-state index contributed by atoms with van der Waals surface area (Å²) >= 11 is 2.39. The second-order valence-electron chi connectivity index (χ2n) is 3.38. The Kier molecular flexibility index (Phi) is 5.45. The van der Waals surface area contributed by atoms with Crippen molar-refractivity contribution in [2.24, 2.45) is 5.73 Å². The van der Waals surface area contributed by atoms with E-state index < -0.39 is 0 Å². The Morgan fingerprint density at radius 3 is 2.80 bits per heavy atom. The van der Waals surface area contributed by atoms with Crippen LogP contribution in [0.4, 0.5) is 0 Å². The van der Waals surface area contributed by atoms with Crippen molar-refractivity contribution in [1.29, 1.82) is 5.41 Å². The Hall–Kier alpha value is -0.780. The summed E-state index contributed by atoms with van der Waals surface area (Å²) in [7, 11) is 0. The zero-order chi connectivity index (χ0) is 11.1. The molecule has 1 aromatic rings. The van der Waals surface area contributed by atoms with Gasteiger partial charge in [-0.25, -0.2) is 0 Å². The van der Waals surface area contributed by atoms with Gasteiger partial charge in [-0.1, -0.05) is 46.9 Å². The van der Waals surface area contributed by atoms with E-state index in [1.54, 1.807) is 0 Å². The van der Waals surface area contributed by atoms with E-state index >= 15 is 0 Å². The maximum atomic E-state index is 7.07. The van der Waals surface area contributed by atoms with Crippen LogP contribution in [0.5, 0.6) is 0 Å². The molecule has 0 aromatic heterocycles. The molecule has 0 radical (unpaired) electrons. The smallest absolute Gasteiger partial charge is 0.185 e. The minimum Gasteiger partial charge on any atom is -0.370 e. The lowest BCUT2D eigenvalue weighted by atomic mass is 10.1. The number of guanidine groups is 1. The topological polar surface area (TPSA) is 61.9 Å². The van der Waals surface area contributed by atoms with Gasteiger partial charge < -0.3 is 11.1 Å². The van der Waals surface area contributed by atoms with Crippen molar-refractivity contribution in [3.63, 3.8) is 0 Å². The Morgan fingerprint density at radius 1 is 1.40 bits per heavy atom. The summed E-state index contributed by atoms with van der Waals surface area (Å²) < 4.78 is 1.19. The van der Waals surface area contributed by atoms with Gasteiger partial charge in [-0.3, -0.25) is 5.41 Å². The summed E-state index contributed by atoms with van der Waals surface area (Å²) in [6.07, 6.45) is 2.33. The van der Waals surface area contributed by atoms with Crippen molar-refractivity contribution < 1.29 is 0 Å². The molecule has 0 heterocycles. The van der Waals surface area contributed by atoms with Crippen LogP contribution in [0.25, 0.3) is 0 Å². The van der Waals surface area contributed by atoms with Gasteiger partial charge in [-0.05, 0) is 28.4 Å². The third-order valence-corrected chi connectivity index (χ3v) is 2.84. The average molecular weight is 317 g/mol. The molecule has 0 fully saturated rings. The van der Waals surface area contributed by atoms with E-state index in [-0.39, 0.29) is 5.96 Å². The molecule has 1 rings (SSSR count). The predicted molar refractivity (Wildman–Crippen MR) is 72.4 cm³/mol. The maximum absolute atomic E-state index is 7.07. The lowest BCUT2D eigenvalue weighted by molar-refractivity contribution is 0.885. The summed E-state index contributed by atoms with van der Waals surface area (Å²) in [6, 6.07) is 8.41. The van der Waals surface area contributed by atoms with Crippen molar-refractivity contribution in [3.05, 3.63) is 35.4 Å². The molecule has 0 aliphatic rings. The fraction of sp³-hybridized carbons (Fsp3) is 0.364. The van der Waals surface area contributed by atoms with Crippen LogP contribution in [-0.2, 0) is 13.0 Å². The standard InChI is InChI=1S/C11H16IN3/c12-6-2-5-9-3-1-4-10(7-9)8-15-11(13)14/h1,3-4,7H,2,5-6,8H2,(H4,13,14,15). The van der Waals surface area contributed by atoms with Crippen LogP contribution in [0.1, 0.15) is 17.5 Å². The van der Waals surface area contributed by atoms with Crippen LogP contribution in [0.15, 0.2) is 24.3 Å². The Bertz CT molecular complexity index is 325. The van der Waals surface area contributed by atoms with Crippen LogP contribution in [0.2, 0.25) is 0 Å². The highest BCUT2D eigenvalue weighted by molar-refractivity contribution is 14.1. The van der Waals surface area contributed by atoms with Crippen molar-refractivity contribution in [3.8, 4) is 0 Å². The zero-order valence-corrected chi connectivity index (χ0v) is 10.8. The molecule has 4 heteroatoms. The van der Waals surface area contributed by atoms with Crippen molar-refractivity contribution in [2.45, 2.75) is 19.4 Å². The van der Waals surface area contributed by atoms with Crippen molar-refractivity contribution >= 4 is 28.6 Å². The van der Waals surface area contributed by atoms with Crippen LogP contribution in [-0.4, -0.2) is 10.4 Å². The summed E-state index contributed by atoms with van der Waals surface area (Å²) in [5.41, 5.74) is 7.76. The SMILES string of the molecule is N=C(N)NCc1cccc(CCCI)c1. The first-order valence-electron chi connectivity index (χ1n) is 4.94. The van der Waals surface area contributed by atoms with Gasteiger partial charge in [0.1, 0.15) is 0 Å². The fourth-order valence-electron chi connectivity index (χ4n) is 1.36. The zero-order valence-electron chi connectivity index (χ0n) is 8.59. The molecule has 3 nitrogen and oxygen atoms in total. The van der Waals surface area contributed by atoms with Gasteiger partial charge in [0.05, 0.1) is 0 Å². The average Bonchev–Trinajstić information content (AvgIpc) is 2.24. The van der Waals surface area contributed by atoms with Gasteiger partial charge in [0.15, 0.2) is 5.96 Å². The Balaban J connectivity index is 2.53. The number of rotatable bonds is 5.